The molecule has 0 unspecified atom stereocenters. The Balaban J connectivity index is 1.51. The highest BCUT2D eigenvalue weighted by Gasteiger charge is 2.30. The van der Waals surface area contributed by atoms with Crippen LogP contribution in [0.4, 0.5) is 5.13 Å². The molecule has 0 spiro atoms. The predicted octanol–water partition coefficient (Wildman–Crippen LogP) is 3.73. The smallest absolute Gasteiger partial charge is 0.258 e. The minimum absolute atomic E-state index is 0.104. The van der Waals surface area contributed by atoms with Crippen molar-refractivity contribution in [2.45, 2.75) is 39.0 Å². The second-order valence-corrected chi connectivity index (χ2v) is 7.27. The Kier molecular flexibility index (Phi) is 5.78. The van der Waals surface area contributed by atoms with Crippen LogP contribution in [0.3, 0.4) is 0 Å². The Morgan fingerprint density at radius 2 is 2.00 bits per heavy atom. The maximum absolute atomic E-state index is 12.4. The number of nitrogens with one attached hydrogen (secondary N) is 1. The van der Waals surface area contributed by atoms with Crippen LogP contribution in [0.25, 0.3) is 5.70 Å². The molecule has 0 saturated carbocycles. The van der Waals surface area contributed by atoms with Crippen molar-refractivity contribution in [3.63, 3.8) is 0 Å². The first-order valence-electron chi connectivity index (χ1n) is 8.82. The summed E-state index contributed by atoms with van der Waals surface area (Å²) in [4.78, 5) is 26.2. The van der Waals surface area contributed by atoms with Crippen molar-refractivity contribution in [2.24, 2.45) is 0 Å². The van der Waals surface area contributed by atoms with E-state index in [1.54, 1.807) is 11.0 Å². The average molecular weight is 370 g/mol. The van der Waals surface area contributed by atoms with E-state index in [1.807, 2.05) is 18.2 Å². The van der Waals surface area contributed by atoms with E-state index >= 15 is 0 Å². The molecule has 3 rings (SSSR count). The molecule has 0 atom stereocenters. The number of fused-ring (bicyclic) bond motifs is 1. The maximum atomic E-state index is 12.4. The summed E-state index contributed by atoms with van der Waals surface area (Å²) in [6, 6.07) is 7.36. The standard InChI is InChI=1S/C19H22N4O2S/c1-3-4-5-10-17-21-22-19(26-17)20-16(24)11-12-23-13(2)14-8-6-7-9-15(14)18(23)25/h6-9H,2-5,10-12H2,1H3,(H,20,22,24). The molecule has 6 nitrogen and oxygen atoms in total. The van der Waals surface area contributed by atoms with Crippen LogP contribution >= 0.6 is 11.3 Å². The molecule has 1 aromatic carbocycles. The molecule has 0 fully saturated rings. The minimum atomic E-state index is -0.183. The summed E-state index contributed by atoms with van der Waals surface area (Å²) < 4.78 is 0. The first-order valence-corrected chi connectivity index (χ1v) is 9.64. The summed E-state index contributed by atoms with van der Waals surface area (Å²) in [5.41, 5.74) is 2.12. The first-order chi connectivity index (χ1) is 12.6. The number of hydrogen-bond donors (Lipinski definition) is 1. The van der Waals surface area contributed by atoms with E-state index in [4.69, 9.17) is 0 Å². The van der Waals surface area contributed by atoms with Gasteiger partial charge in [0.05, 0.1) is 0 Å². The lowest BCUT2D eigenvalue weighted by Crippen LogP contribution is -2.27. The van der Waals surface area contributed by atoms with Crippen molar-refractivity contribution >= 4 is 34.0 Å². The lowest BCUT2D eigenvalue weighted by atomic mass is 10.1. The zero-order valence-electron chi connectivity index (χ0n) is 14.8. The number of nitrogens with zero attached hydrogens (tertiary/aromatic N) is 3. The number of unbranched alkanes of at least 4 members (excludes halogenated alkanes) is 2. The zero-order valence-corrected chi connectivity index (χ0v) is 15.6. The minimum Gasteiger partial charge on any atom is -0.308 e. The summed E-state index contributed by atoms with van der Waals surface area (Å²) in [6.45, 7) is 6.43. The van der Waals surface area contributed by atoms with Gasteiger partial charge >= 0.3 is 0 Å². The summed E-state index contributed by atoms with van der Waals surface area (Å²) in [7, 11) is 0. The molecule has 0 bridgehead atoms. The Bertz CT molecular complexity index is 795. The number of carbonyl (C=O) groups is 2. The van der Waals surface area contributed by atoms with E-state index in [1.165, 1.54) is 11.3 Å². The second-order valence-electron chi connectivity index (χ2n) is 6.21. The zero-order chi connectivity index (χ0) is 18.5. The van der Waals surface area contributed by atoms with E-state index in [0.717, 1.165) is 36.3 Å². The third kappa shape index (κ3) is 3.99. The Labute approximate surface area is 156 Å². The number of aryl methyl sites for hydroxylation is 1. The predicted molar refractivity (Wildman–Crippen MR) is 103 cm³/mol. The van der Waals surface area contributed by atoms with Gasteiger partial charge in [0.15, 0.2) is 0 Å². The van der Waals surface area contributed by atoms with Crippen LogP contribution in [0.2, 0.25) is 0 Å². The highest BCUT2D eigenvalue weighted by molar-refractivity contribution is 7.15. The molecule has 7 heteroatoms. The van der Waals surface area contributed by atoms with Crippen molar-refractivity contribution in [3.8, 4) is 0 Å². The molecular weight excluding hydrogens is 348 g/mol. The molecule has 1 aromatic heterocycles. The quantitative estimate of drug-likeness (QED) is 0.719. The number of carbonyl (C=O) groups excluding carboxylic acids is 2. The lowest BCUT2D eigenvalue weighted by molar-refractivity contribution is -0.116. The molecule has 1 N–H and O–H groups in total. The van der Waals surface area contributed by atoms with Crippen molar-refractivity contribution in [3.05, 3.63) is 47.0 Å². The highest BCUT2D eigenvalue weighted by Crippen LogP contribution is 2.31. The van der Waals surface area contributed by atoms with E-state index in [0.29, 0.717) is 22.9 Å². The van der Waals surface area contributed by atoms with E-state index < -0.39 is 0 Å². The van der Waals surface area contributed by atoms with Crippen LogP contribution in [-0.4, -0.2) is 33.5 Å². The van der Waals surface area contributed by atoms with Crippen molar-refractivity contribution in [2.75, 3.05) is 11.9 Å². The maximum Gasteiger partial charge on any atom is 0.258 e. The molecule has 1 aliphatic rings. The highest BCUT2D eigenvalue weighted by atomic mass is 32.1. The van der Waals surface area contributed by atoms with Gasteiger partial charge in [0.25, 0.3) is 5.91 Å². The number of rotatable bonds is 8. The van der Waals surface area contributed by atoms with Gasteiger partial charge in [0.1, 0.15) is 5.01 Å². The topological polar surface area (TPSA) is 75.2 Å². The van der Waals surface area contributed by atoms with Crippen LogP contribution in [0.5, 0.6) is 0 Å². The van der Waals surface area contributed by atoms with E-state index in [-0.39, 0.29) is 18.2 Å². The van der Waals surface area contributed by atoms with Crippen molar-refractivity contribution in [1.82, 2.24) is 15.1 Å². The molecule has 1 aliphatic heterocycles. The van der Waals surface area contributed by atoms with E-state index in [2.05, 4.69) is 29.0 Å². The Morgan fingerprint density at radius 3 is 2.73 bits per heavy atom. The fraction of sp³-hybridized carbons (Fsp3) is 0.368. The summed E-state index contributed by atoms with van der Waals surface area (Å²) in [6.07, 6.45) is 4.48. The van der Waals surface area contributed by atoms with Crippen LogP contribution in [0.15, 0.2) is 30.8 Å². The number of hydrogen-bond acceptors (Lipinski definition) is 5. The molecule has 136 valence electrons. The average Bonchev–Trinajstić information content (AvgIpc) is 3.17. The molecular formula is C19H22N4O2S. The van der Waals surface area contributed by atoms with Gasteiger partial charge < -0.3 is 10.2 Å². The van der Waals surface area contributed by atoms with Crippen LogP contribution in [0.1, 0.15) is 53.5 Å². The second kappa shape index (κ2) is 8.23. The third-order valence-corrected chi connectivity index (χ3v) is 5.21. The van der Waals surface area contributed by atoms with Crippen molar-refractivity contribution < 1.29 is 9.59 Å². The normalized spacial score (nSPS) is 13.2. The van der Waals surface area contributed by atoms with Gasteiger partial charge in [-0.15, -0.1) is 10.2 Å². The fourth-order valence-corrected chi connectivity index (χ4v) is 3.70. The van der Waals surface area contributed by atoms with Gasteiger partial charge in [0, 0.05) is 36.2 Å². The van der Waals surface area contributed by atoms with Crippen LogP contribution in [-0.2, 0) is 11.2 Å². The summed E-state index contributed by atoms with van der Waals surface area (Å²) in [5.74, 6) is -0.287. The fourth-order valence-electron chi connectivity index (χ4n) is 2.90. The molecule has 2 aromatic rings. The van der Waals surface area contributed by atoms with Gasteiger partial charge in [-0.25, -0.2) is 0 Å². The molecule has 2 heterocycles. The Hall–Kier alpha value is -2.54. The van der Waals surface area contributed by atoms with Gasteiger partial charge in [-0.1, -0.05) is 55.9 Å². The first kappa shape index (κ1) is 18.3. The van der Waals surface area contributed by atoms with E-state index in [9.17, 15) is 9.59 Å². The molecule has 0 aliphatic carbocycles. The monoisotopic (exact) mass is 370 g/mol. The van der Waals surface area contributed by atoms with Gasteiger partial charge in [-0.2, -0.15) is 0 Å². The van der Waals surface area contributed by atoms with Gasteiger partial charge in [-0.05, 0) is 12.5 Å². The molecule has 0 saturated heterocycles. The molecule has 0 radical (unpaired) electrons. The lowest BCUT2D eigenvalue weighted by Gasteiger charge is -2.16. The molecule has 2 amide bonds. The SMILES string of the molecule is C=C1c2ccccc2C(=O)N1CCC(=O)Nc1nnc(CCCCC)s1. The third-order valence-electron chi connectivity index (χ3n) is 4.31. The Morgan fingerprint density at radius 1 is 1.23 bits per heavy atom. The number of benzene rings is 1. The number of anilines is 1. The van der Waals surface area contributed by atoms with Gasteiger partial charge in [-0.3, -0.25) is 9.59 Å². The van der Waals surface area contributed by atoms with Gasteiger partial charge in [0.2, 0.25) is 11.0 Å². The van der Waals surface area contributed by atoms with Crippen LogP contribution < -0.4 is 5.32 Å². The van der Waals surface area contributed by atoms with Crippen LogP contribution in [0, 0.1) is 0 Å². The van der Waals surface area contributed by atoms with Crippen molar-refractivity contribution in [1.29, 1.82) is 0 Å². The number of amides is 2. The summed E-state index contributed by atoms with van der Waals surface area (Å²) in [5, 5.41) is 12.3. The number of aromatic nitrogens is 2. The molecule has 26 heavy (non-hydrogen) atoms. The summed E-state index contributed by atoms with van der Waals surface area (Å²) >= 11 is 1.41. The largest absolute Gasteiger partial charge is 0.308 e.